The topological polar surface area (TPSA) is 117 Å². The molecule has 2 N–H and O–H groups in total. The van der Waals surface area contributed by atoms with Crippen LogP contribution >= 0.6 is 0 Å². The van der Waals surface area contributed by atoms with E-state index in [2.05, 4.69) is 10.9 Å². The van der Waals surface area contributed by atoms with Gasteiger partial charge in [0.15, 0.2) is 0 Å². The summed E-state index contributed by atoms with van der Waals surface area (Å²) >= 11 is 0. The monoisotopic (exact) mass is 378 g/mol. The first-order valence-electron chi connectivity index (χ1n) is 8.23. The molecule has 0 bridgehead atoms. The van der Waals surface area contributed by atoms with Crippen LogP contribution in [0.15, 0.2) is 18.2 Å². The van der Waals surface area contributed by atoms with Gasteiger partial charge in [0.05, 0.1) is 14.2 Å². The van der Waals surface area contributed by atoms with E-state index >= 15 is 0 Å². The molecule has 10 nitrogen and oxygen atoms in total. The molecule has 5 amide bonds. The van der Waals surface area contributed by atoms with Gasteiger partial charge in [-0.2, -0.15) is 0 Å². The first kappa shape index (κ1) is 20.0. The molecule has 1 aliphatic rings. The van der Waals surface area contributed by atoms with Gasteiger partial charge in [0.1, 0.15) is 18.0 Å². The SMILES string of the molecule is COc1cc(OC)cc(C(=O)NNC(=O)CCCN2C(=O)CN(C)C2=O)c1. The molecule has 0 aromatic heterocycles. The number of amides is 5. The molecule has 1 heterocycles. The van der Waals surface area contributed by atoms with E-state index < -0.39 is 11.8 Å². The molecular weight excluding hydrogens is 356 g/mol. The van der Waals surface area contributed by atoms with Crippen molar-refractivity contribution in [2.24, 2.45) is 0 Å². The average Bonchev–Trinajstić information content (AvgIpc) is 2.91. The Hall–Kier alpha value is -3.30. The second-order valence-corrected chi connectivity index (χ2v) is 5.89. The zero-order chi connectivity index (χ0) is 20.0. The number of likely N-dealkylation sites (N-methyl/N-ethyl adjacent to an activating group) is 1. The number of hydrogen-bond donors (Lipinski definition) is 2. The molecule has 1 aromatic carbocycles. The van der Waals surface area contributed by atoms with Crippen LogP contribution in [-0.2, 0) is 9.59 Å². The Bertz CT molecular complexity index is 729. The summed E-state index contributed by atoms with van der Waals surface area (Å²) in [7, 11) is 4.47. The number of nitrogens with one attached hydrogen (secondary N) is 2. The molecule has 0 saturated carbocycles. The van der Waals surface area contributed by atoms with E-state index in [-0.39, 0.29) is 37.0 Å². The van der Waals surface area contributed by atoms with Crippen LogP contribution in [0.5, 0.6) is 11.5 Å². The average molecular weight is 378 g/mol. The van der Waals surface area contributed by atoms with Gasteiger partial charge in [0, 0.05) is 31.6 Å². The molecule has 1 fully saturated rings. The molecule has 0 aliphatic carbocycles. The quantitative estimate of drug-likeness (QED) is 0.515. The van der Waals surface area contributed by atoms with Crippen LogP contribution in [0.2, 0.25) is 0 Å². The molecule has 1 saturated heterocycles. The molecule has 27 heavy (non-hydrogen) atoms. The fourth-order valence-corrected chi connectivity index (χ4v) is 2.49. The number of hydrazine groups is 1. The lowest BCUT2D eigenvalue weighted by molar-refractivity contribution is -0.126. The lowest BCUT2D eigenvalue weighted by Gasteiger charge is -2.14. The normalized spacial score (nSPS) is 13.6. The summed E-state index contributed by atoms with van der Waals surface area (Å²) in [5.74, 6) is -0.382. The molecule has 1 aliphatic heterocycles. The lowest BCUT2D eigenvalue weighted by atomic mass is 10.2. The number of methoxy groups -OCH3 is 2. The third kappa shape index (κ3) is 5.09. The van der Waals surface area contributed by atoms with Crippen LogP contribution in [0.3, 0.4) is 0 Å². The Balaban J connectivity index is 1.79. The number of carbonyl (C=O) groups is 4. The summed E-state index contributed by atoms with van der Waals surface area (Å²) in [4.78, 5) is 49.8. The smallest absolute Gasteiger partial charge is 0.326 e. The maximum Gasteiger partial charge on any atom is 0.326 e. The van der Waals surface area contributed by atoms with E-state index in [9.17, 15) is 19.2 Å². The molecular formula is C17H22N4O6. The fourth-order valence-electron chi connectivity index (χ4n) is 2.49. The van der Waals surface area contributed by atoms with Crippen molar-refractivity contribution in [2.45, 2.75) is 12.8 Å². The molecule has 0 atom stereocenters. The summed E-state index contributed by atoms with van der Waals surface area (Å²) in [5.41, 5.74) is 4.85. The highest BCUT2D eigenvalue weighted by atomic mass is 16.5. The fraction of sp³-hybridized carbons (Fsp3) is 0.412. The largest absolute Gasteiger partial charge is 0.497 e. The Kier molecular flexibility index (Phi) is 6.58. The van der Waals surface area contributed by atoms with E-state index in [0.29, 0.717) is 17.9 Å². The van der Waals surface area contributed by atoms with E-state index in [4.69, 9.17) is 9.47 Å². The lowest BCUT2D eigenvalue weighted by Crippen LogP contribution is -2.42. The number of nitrogens with zero attached hydrogens (tertiary/aromatic N) is 2. The number of imide groups is 1. The molecule has 10 heteroatoms. The molecule has 0 spiro atoms. The van der Waals surface area contributed by atoms with Crippen LogP contribution in [0.1, 0.15) is 23.2 Å². The summed E-state index contributed by atoms with van der Waals surface area (Å²) < 4.78 is 10.2. The van der Waals surface area contributed by atoms with Gasteiger partial charge >= 0.3 is 6.03 Å². The van der Waals surface area contributed by atoms with E-state index in [1.165, 1.54) is 38.3 Å². The van der Waals surface area contributed by atoms with Crippen molar-refractivity contribution in [3.8, 4) is 11.5 Å². The Morgan fingerprint density at radius 1 is 1.07 bits per heavy atom. The second-order valence-electron chi connectivity index (χ2n) is 5.89. The maximum absolute atomic E-state index is 12.2. The summed E-state index contributed by atoms with van der Waals surface area (Å²) in [6.45, 7) is 0.196. The van der Waals surface area contributed by atoms with E-state index in [1.807, 2.05) is 0 Å². The van der Waals surface area contributed by atoms with E-state index in [0.717, 1.165) is 4.90 Å². The summed E-state index contributed by atoms with van der Waals surface area (Å²) in [6, 6.07) is 4.25. The van der Waals surface area contributed by atoms with Crippen molar-refractivity contribution in [1.82, 2.24) is 20.7 Å². The molecule has 2 rings (SSSR count). The number of benzene rings is 1. The number of ether oxygens (including phenoxy) is 2. The third-order valence-corrected chi connectivity index (χ3v) is 3.95. The molecule has 0 unspecified atom stereocenters. The van der Waals surface area contributed by atoms with Gasteiger partial charge in [-0.1, -0.05) is 0 Å². The van der Waals surface area contributed by atoms with Gasteiger partial charge in [0.2, 0.25) is 11.8 Å². The van der Waals surface area contributed by atoms with Crippen molar-refractivity contribution in [2.75, 3.05) is 34.4 Å². The minimum absolute atomic E-state index is 0.0441. The molecule has 0 radical (unpaired) electrons. The van der Waals surface area contributed by atoms with Gasteiger partial charge in [-0.05, 0) is 18.6 Å². The standard InChI is InChI=1S/C17H22N4O6/c1-20-10-15(23)21(17(20)25)6-4-5-14(22)18-19-16(24)11-7-12(26-2)9-13(8-11)27-3/h7-9H,4-6,10H2,1-3H3,(H,18,22)(H,19,24). The Morgan fingerprint density at radius 3 is 2.22 bits per heavy atom. The maximum atomic E-state index is 12.2. The molecule has 146 valence electrons. The van der Waals surface area contributed by atoms with Crippen molar-refractivity contribution < 1.29 is 28.7 Å². The highest BCUT2D eigenvalue weighted by Crippen LogP contribution is 2.22. The van der Waals surface area contributed by atoms with Crippen molar-refractivity contribution in [3.05, 3.63) is 23.8 Å². The Morgan fingerprint density at radius 2 is 1.70 bits per heavy atom. The first-order chi connectivity index (χ1) is 12.8. The summed E-state index contributed by atoms with van der Waals surface area (Å²) in [6.07, 6.45) is 0.336. The Labute approximate surface area is 156 Å². The van der Waals surface area contributed by atoms with Gasteiger partial charge in [-0.25, -0.2) is 4.79 Å². The van der Waals surface area contributed by atoms with Gasteiger partial charge in [-0.3, -0.25) is 30.1 Å². The first-order valence-corrected chi connectivity index (χ1v) is 8.23. The number of carbonyl (C=O) groups excluding carboxylic acids is 4. The van der Waals surface area contributed by atoms with Crippen molar-refractivity contribution in [3.63, 3.8) is 0 Å². The zero-order valence-corrected chi connectivity index (χ0v) is 15.4. The van der Waals surface area contributed by atoms with Gasteiger partial charge < -0.3 is 14.4 Å². The van der Waals surface area contributed by atoms with Gasteiger partial charge in [-0.15, -0.1) is 0 Å². The summed E-state index contributed by atoms with van der Waals surface area (Å²) in [5, 5.41) is 0. The number of rotatable bonds is 7. The highest BCUT2D eigenvalue weighted by Gasteiger charge is 2.32. The van der Waals surface area contributed by atoms with Crippen LogP contribution in [0.4, 0.5) is 4.79 Å². The number of hydrogen-bond acceptors (Lipinski definition) is 6. The minimum Gasteiger partial charge on any atom is -0.497 e. The highest BCUT2D eigenvalue weighted by molar-refractivity contribution is 6.01. The second kappa shape index (κ2) is 8.88. The van der Waals surface area contributed by atoms with Gasteiger partial charge in [0.25, 0.3) is 5.91 Å². The minimum atomic E-state index is -0.535. The molecule has 1 aromatic rings. The van der Waals surface area contributed by atoms with Crippen LogP contribution in [0, 0.1) is 0 Å². The van der Waals surface area contributed by atoms with Crippen LogP contribution in [0.25, 0.3) is 0 Å². The third-order valence-electron chi connectivity index (χ3n) is 3.95. The van der Waals surface area contributed by atoms with Crippen LogP contribution < -0.4 is 20.3 Å². The van der Waals surface area contributed by atoms with Crippen LogP contribution in [-0.4, -0.2) is 67.9 Å². The van der Waals surface area contributed by atoms with Crippen molar-refractivity contribution in [1.29, 1.82) is 0 Å². The number of urea groups is 1. The predicted octanol–water partition coefficient (Wildman–Crippen LogP) is 0.139. The van der Waals surface area contributed by atoms with Crippen molar-refractivity contribution >= 4 is 23.8 Å². The van der Waals surface area contributed by atoms with E-state index in [1.54, 1.807) is 6.07 Å². The zero-order valence-electron chi connectivity index (χ0n) is 15.4. The predicted molar refractivity (Wildman–Crippen MR) is 94.1 cm³/mol.